The lowest BCUT2D eigenvalue weighted by atomic mass is 9.97. The Bertz CT molecular complexity index is 2330. The highest BCUT2D eigenvalue weighted by molar-refractivity contribution is 7.58. The fourth-order valence-electron chi connectivity index (χ4n) is 5.46. The minimum absolute atomic E-state index is 0.0394. The van der Waals surface area contributed by atoms with Gasteiger partial charge in [-0.15, -0.1) is 0 Å². The molecule has 24 heteroatoms. The summed E-state index contributed by atoms with van der Waals surface area (Å²) in [5.74, 6) is -7.32. The second kappa shape index (κ2) is 23.3. The molecule has 0 saturated heterocycles. The van der Waals surface area contributed by atoms with Crippen molar-refractivity contribution in [2.45, 2.75) is 94.2 Å². The number of fused-ring (bicyclic) bond motifs is 1. The second-order valence-electron chi connectivity index (χ2n) is 18.5. The zero-order chi connectivity index (χ0) is 50.5. The van der Waals surface area contributed by atoms with Crippen molar-refractivity contribution in [3.8, 4) is 0 Å². The average molecular weight is 961 g/mol. The van der Waals surface area contributed by atoms with Crippen LogP contribution in [-0.2, 0) is 68.3 Å². The lowest BCUT2D eigenvalue weighted by Gasteiger charge is -2.23. The number of anilines is 3. The van der Waals surface area contributed by atoms with Crippen molar-refractivity contribution in [1.29, 1.82) is 0 Å². The third-order valence-electron chi connectivity index (χ3n) is 9.39. The molecular formula is C43H61N8O15P. The van der Waals surface area contributed by atoms with Crippen LogP contribution in [0.2, 0.25) is 0 Å². The molecule has 3 aromatic rings. The third kappa shape index (κ3) is 18.0. The smallest absolute Gasteiger partial charge is 0.331 e. The number of aromatic nitrogens is 4. The fraction of sp³-hybridized carbons (Fsp3) is 0.558. The molecular weight excluding hydrogens is 899 g/mol. The Hall–Kier alpha value is -6.48. The third-order valence-corrected chi connectivity index (χ3v) is 11.4. The Morgan fingerprint density at radius 1 is 0.731 bits per heavy atom. The van der Waals surface area contributed by atoms with E-state index in [0.717, 1.165) is 0 Å². The Morgan fingerprint density at radius 3 is 1.79 bits per heavy atom. The number of carbonyl (C=O) groups excluding carboxylic acids is 7. The summed E-state index contributed by atoms with van der Waals surface area (Å²) in [5.41, 5.74) is 10.6. The first kappa shape index (κ1) is 54.9. The van der Waals surface area contributed by atoms with E-state index < -0.39 is 123 Å². The van der Waals surface area contributed by atoms with Crippen LogP contribution in [0.15, 0.2) is 30.5 Å². The van der Waals surface area contributed by atoms with E-state index in [4.69, 9.17) is 39.9 Å². The van der Waals surface area contributed by atoms with Crippen molar-refractivity contribution in [1.82, 2.24) is 25.3 Å². The van der Waals surface area contributed by atoms with Gasteiger partial charge < -0.3 is 55.0 Å². The molecule has 0 fully saturated rings. The van der Waals surface area contributed by atoms with E-state index in [0.29, 0.717) is 11.4 Å². The number of benzene rings is 1. The van der Waals surface area contributed by atoms with Gasteiger partial charge in [-0.2, -0.15) is 9.97 Å². The molecule has 0 radical (unpaired) electrons. The van der Waals surface area contributed by atoms with Gasteiger partial charge in [-0.1, -0.05) is 0 Å². The SMILES string of the molecule is CN(Cc1cnc2nc(N)nc(N)c2n1)c1ccc(C(=O)N[C@@H](CCP(=O)(O)CC(CCC(=O)OCOC(=O)C(C)(C)C)C(=O)OCOC(=O)C(C)(C)C)C(=O)OCOC(=O)C(C)(C)C)cc1. The molecule has 0 bridgehead atoms. The van der Waals surface area contributed by atoms with E-state index >= 15 is 0 Å². The molecule has 0 spiro atoms. The van der Waals surface area contributed by atoms with E-state index in [2.05, 4.69) is 25.3 Å². The van der Waals surface area contributed by atoms with Gasteiger partial charge in [0.2, 0.25) is 33.7 Å². The Morgan fingerprint density at radius 2 is 1.25 bits per heavy atom. The summed E-state index contributed by atoms with van der Waals surface area (Å²) in [6, 6.07) is 4.62. The molecule has 3 rings (SSSR count). The van der Waals surface area contributed by atoms with Gasteiger partial charge >= 0.3 is 35.8 Å². The number of nitrogens with two attached hydrogens (primary N) is 2. The van der Waals surface area contributed by atoms with Crippen LogP contribution >= 0.6 is 7.37 Å². The highest BCUT2D eigenvalue weighted by Gasteiger charge is 2.34. The molecule has 67 heavy (non-hydrogen) atoms. The minimum atomic E-state index is -4.44. The zero-order valence-electron chi connectivity index (χ0n) is 39.4. The standard InChI is InChI=1S/C43H61N8O15P/c1-41(2,3)37(56)64-22-61-30(52)16-13-26(35(54)62-23-65-38(57)42(4,5)6)21-67(59,60)18-17-29(36(55)63-24-66-39(58)43(7,8)9)48-34(53)25-11-14-28(15-12-25)51(10)20-27-19-46-33-31(47-27)32(44)49-40(45)50-33/h11-12,14-15,19,26,29H,13,16-18,20-24H2,1-10H3,(H,48,53)(H,59,60)(H4,44,45,46,49,50)/t26?,29-/m0/s1. The Kier molecular flexibility index (Phi) is 19.1. The second-order valence-corrected chi connectivity index (χ2v) is 21.1. The average Bonchev–Trinajstić information content (AvgIpc) is 3.22. The van der Waals surface area contributed by atoms with Crippen LogP contribution in [0.5, 0.6) is 0 Å². The molecule has 1 aromatic carbocycles. The quantitative estimate of drug-likeness (QED) is 0.0512. The van der Waals surface area contributed by atoms with Crippen molar-refractivity contribution in [2.75, 3.05) is 56.1 Å². The van der Waals surface area contributed by atoms with Crippen LogP contribution in [0.4, 0.5) is 17.5 Å². The van der Waals surface area contributed by atoms with Crippen LogP contribution in [0.25, 0.3) is 11.2 Å². The van der Waals surface area contributed by atoms with Crippen LogP contribution in [0, 0.1) is 22.2 Å². The van der Waals surface area contributed by atoms with Gasteiger partial charge in [0.25, 0.3) is 5.91 Å². The summed E-state index contributed by atoms with van der Waals surface area (Å²) in [6.45, 7) is 12.1. The molecule has 23 nitrogen and oxygen atoms in total. The minimum Gasteiger partial charge on any atom is -0.428 e. The highest BCUT2D eigenvalue weighted by atomic mass is 31.2. The summed E-state index contributed by atoms with van der Waals surface area (Å²) in [4.78, 5) is 119. The van der Waals surface area contributed by atoms with E-state index in [9.17, 15) is 43.0 Å². The van der Waals surface area contributed by atoms with Crippen LogP contribution < -0.4 is 21.7 Å². The summed E-state index contributed by atoms with van der Waals surface area (Å²) < 4.78 is 43.9. The molecule has 368 valence electrons. The molecule has 2 unspecified atom stereocenters. The predicted molar refractivity (Wildman–Crippen MR) is 240 cm³/mol. The first-order chi connectivity index (χ1) is 31.0. The Balaban J connectivity index is 1.76. The lowest BCUT2D eigenvalue weighted by molar-refractivity contribution is -0.176. The molecule has 0 saturated carbocycles. The number of hydrogen-bond donors (Lipinski definition) is 4. The number of amides is 1. The number of nitrogens with one attached hydrogen (secondary N) is 1. The summed E-state index contributed by atoms with van der Waals surface area (Å²) in [7, 11) is -2.68. The van der Waals surface area contributed by atoms with Gasteiger partial charge in [-0.3, -0.25) is 33.3 Å². The number of nitrogens with zero attached hydrogens (tertiary/aromatic N) is 5. The monoisotopic (exact) mass is 960 g/mol. The van der Waals surface area contributed by atoms with Gasteiger partial charge in [-0.25, -0.2) is 14.8 Å². The summed E-state index contributed by atoms with van der Waals surface area (Å²) in [6.07, 6.45) is -1.32. The lowest BCUT2D eigenvalue weighted by Crippen LogP contribution is -2.43. The number of carbonyl (C=O) groups is 7. The maximum atomic E-state index is 13.8. The van der Waals surface area contributed by atoms with Crippen molar-refractivity contribution < 1.29 is 71.4 Å². The van der Waals surface area contributed by atoms with E-state index in [1.165, 1.54) is 18.3 Å². The predicted octanol–water partition coefficient (Wildman–Crippen LogP) is 3.65. The summed E-state index contributed by atoms with van der Waals surface area (Å²) >= 11 is 0. The van der Waals surface area contributed by atoms with Gasteiger partial charge in [0.15, 0.2) is 17.0 Å². The molecule has 2 heterocycles. The number of ether oxygens (including phenoxy) is 6. The molecule has 2 aromatic heterocycles. The van der Waals surface area contributed by atoms with Gasteiger partial charge in [-0.05, 0) is 99.4 Å². The number of rotatable bonds is 21. The van der Waals surface area contributed by atoms with E-state index in [1.807, 2.05) is 0 Å². The van der Waals surface area contributed by atoms with Crippen LogP contribution in [-0.4, -0.2) is 112 Å². The first-order valence-electron chi connectivity index (χ1n) is 20.9. The largest absolute Gasteiger partial charge is 0.428 e. The van der Waals surface area contributed by atoms with Gasteiger partial charge in [0.05, 0.1) is 40.6 Å². The Labute approximate surface area is 387 Å². The van der Waals surface area contributed by atoms with Crippen molar-refractivity contribution >= 4 is 77.7 Å². The first-order valence-corrected chi connectivity index (χ1v) is 23.0. The molecule has 6 N–H and O–H groups in total. The maximum absolute atomic E-state index is 13.8. The van der Waals surface area contributed by atoms with Crippen molar-refractivity contribution in [3.05, 3.63) is 41.7 Å². The topological polar surface area (TPSA) is 331 Å². The molecule has 0 aliphatic heterocycles. The fourth-order valence-corrected chi connectivity index (χ4v) is 7.33. The number of esters is 6. The van der Waals surface area contributed by atoms with Crippen LogP contribution in [0.1, 0.15) is 97.6 Å². The van der Waals surface area contributed by atoms with Crippen molar-refractivity contribution in [2.24, 2.45) is 22.2 Å². The number of hydrogen-bond acceptors (Lipinski definition) is 21. The molecule has 1 amide bonds. The van der Waals surface area contributed by atoms with E-state index in [-0.39, 0.29) is 41.5 Å². The van der Waals surface area contributed by atoms with Gasteiger partial charge in [0, 0.05) is 37.0 Å². The number of nitrogen functional groups attached to an aromatic ring is 2. The maximum Gasteiger partial charge on any atom is 0.331 e. The molecule has 0 aliphatic rings. The molecule has 3 atom stereocenters. The van der Waals surface area contributed by atoms with Crippen molar-refractivity contribution in [3.63, 3.8) is 0 Å². The highest BCUT2D eigenvalue weighted by Crippen LogP contribution is 2.44. The summed E-state index contributed by atoms with van der Waals surface area (Å²) in [5, 5.41) is 2.50. The zero-order valence-corrected chi connectivity index (χ0v) is 40.3. The molecule has 0 aliphatic carbocycles. The van der Waals surface area contributed by atoms with Gasteiger partial charge in [0.1, 0.15) is 6.04 Å². The van der Waals surface area contributed by atoms with Crippen LogP contribution in [0.3, 0.4) is 0 Å². The normalized spacial score (nSPS) is 13.5. The van der Waals surface area contributed by atoms with E-state index in [1.54, 1.807) is 86.4 Å².